The summed E-state index contributed by atoms with van der Waals surface area (Å²) in [6.45, 7) is 6.45. The molecule has 1 unspecified atom stereocenters. The molecule has 0 aliphatic carbocycles. The monoisotopic (exact) mass is 989 g/mol. The van der Waals surface area contributed by atoms with E-state index in [0.29, 0.717) is 19.3 Å². The van der Waals surface area contributed by atoms with E-state index in [-0.39, 0.29) is 37.5 Å². The maximum absolute atomic E-state index is 12.9. The van der Waals surface area contributed by atoms with Gasteiger partial charge in [0.05, 0.1) is 0 Å². The first-order valence-corrected chi connectivity index (χ1v) is 30.1. The Morgan fingerprint density at radius 1 is 0.296 bits per heavy atom. The molecule has 0 aliphatic heterocycles. The lowest BCUT2D eigenvalue weighted by Gasteiger charge is -2.18. The average Bonchev–Trinajstić information content (AvgIpc) is 3.37. The van der Waals surface area contributed by atoms with Gasteiger partial charge in [-0.15, -0.1) is 0 Å². The van der Waals surface area contributed by atoms with Crippen LogP contribution in [0.4, 0.5) is 0 Å². The highest BCUT2D eigenvalue weighted by Gasteiger charge is 2.19. The van der Waals surface area contributed by atoms with Crippen LogP contribution >= 0.6 is 0 Å². The zero-order valence-corrected chi connectivity index (χ0v) is 46.7. The molecule has 6 nitrogen and oxygen atoms in total. The molecule has 0 fully saturated rings. The molecule has 0 amide bonds. The fourth-order valence-electron chi connectivity index (χ4n) is 8.36. The maximum Gasteiger partial charge on any atom is 0.306 e. The van der Waals surface area contributed by atoms with Crippen molar-refractivity contribution in [3.8, 4) is 0 Å². The molecular formula is C65H112O6. The lowest BCUT2D eigenvalue weighted by Crippen LogP contribution is -2.30. The highest BCUT2D eigenvalue weighted by Crippen LogP contribution is 2.16. The molecule has 71 heavy (non-hydrogen) atoms. The SMILES string of the molecule is CC/C=C\C/C=C\C/C=C\C/C=C\CCC(=O)OCC(COC(=O)CCCCCCCCCCC/C=C\CCCCCCCCCC)OC(=O)CCCCCCCCCCC/C=C\C/C=C\CCCCC. The van der Waals surface area contributed by atoms with Gasteiger partial charge in [0.1, 0.15) is 13.2 Å². The van der Waals surface area contributed by atoms with Gasteiger partial charge in [-0.05, 0) is 103 Å². The van der Waals surface area contributed by atoms with E-state index in [1.54, 1.807) is 0 Å². The first-order chi connectivity index (χ1) is 35.0. The highest BCUT2D eigenvalue weighted by atomic mass is 16.6. The molecule has 0 saturated carbocycles. The Morgan fingerprint density at radius 2 is 0.577 bits per heavy atom. The molecule has 1 atom stereocenters. The van der Waals surface area contributed by atoms with E-state index >= 15 is 0 Å². The van der Waals surface area contributed by atoms with Crippen molar-refractivity contribution in [1.29, 1.82) is 0 Å². The van der Waals surface area contributed by atoms with E-state index in [9.17, 15) is 14.4 Å². The summed E-state index contributed by atoms with van der Waals surface area (Å²) in [5.41, 5.74) is 0. The van der Waals surface area contributed by atoms with Crippen molar-refractivity contribution >= 4 is 17.9 Å². The van der Waals surface area contributed by atoms with Gasteiger partial charge in [0, 0.05) is 19.3 Å². The Balaban J connectivity index is 4.39. The number of ether oxygens (including phenoxy) is 3. The van der Waals surface area contributed by atoms with Crippen LogP contribution in [-0.4, -0.2) is 37.2 Å². The molecule has 0 bridgehead atoms. The van der Waals surface area contributed by atoms with Crippen LogP contribution in [0.5, 0.6) is 0 Å². The van der Waals surface area contributed by atoms with Crippen molar-refractivity contribution in [2.45, 2.75) is 297 Å². The van der Waals surface area contributed by atoms with Crippen molar-refractivity contribution in [3.63, 3.8) is 0 Å². The van der Waals surface area contributed by atoms with Crippen molar-refractivity contribution in [2.24, 2.45) is 0 Å². The van der Waals surface area contributed by atoms with Crippen molar-refractivity contribution in [2.75, 3.05) is 13.2 Å². The van der Waals surface area contributed by atoms with E-state index in [1.807, 2.05) is 6.08 Å². The van der Waals surface area contributed by atoms with Crippen LogP contribution in [0.1, 0.15) is 290 Å². The van der Waals surface area contributed by atoms with Crippen LogP contribution in [0.15, 0.2) is 85.1 Å². The zero-order valence-electron chi connectivity index (χ0n) is 46.7. The van der Waals surface area contributed by atoms with Crippen molar-refractivity contribution < 1.29 is 28.6 Å². The summed E-state index contributed by atoms with van der Waals surface area (Å²) in [5.74, 6) is -0.984. The quantitative estimate of drug-likeness (QED) is 0.0261. The summed E-state index contributed by atoms with van der Waals surface area (Å²) in [6, 6.07) is 0. The van der Waals surface area contributed by atoms with Crippen LogP contribution in [-0.2, 0) is 28.6 Å². The third kappa shape index (κ3) is 57.4. The number of esters is 3. The molecule has 0 rings (SSSR count). The van der Waals surface area contributed by atoms with Gasteiger partial charge in [0.2, 0.25) is 0 Å². The minimum Gasteiger partial charge on any atom is -0.462 e. The molecule has 6 heteroatoms. The third-order valence-corrected chi connectivity index (χ3v) is 12.9. The Morgan fingerprint density at radius 3 is 0.986 bits per heavy atom. The van der Waals surface area contributed by atoms with E-state index in [4.69, 9.17) is 14.2 Å². The van der Waals surface area contributed by atoms with E-state index in [1.165, 1.54) is 173 Å². The predicted octanol–water partition coefficient (Wildman–Crippen LogP) is 20.3. The first kappa shape index (κ1) is 67.6. The lowest BCUT2D eigenvalue weighted by atomic mass is 10.1. The fourth-order valence-corrected chi connectivity index (χ4v) is 8.36. The van der Waals surface area contributed by atoms with Crippen LogP contribution in [0.25, 0.3) is 0 Å². The Labute approximate surface area is 439 Å². The zero-order chi connectivity index (χ0) is 51.4. The standard InChI is InChI=1S/C65H112O6/c1-4-7-10-13-16-19-22-25-27-29-31-32-34-35-37-40-43-46-49-52-55-58-64(67)70-61-62(60-69-63(66)57-54-51-48-45-42-39-24-21-18-15-12-9-6-3)71-65(68)59-56-53-50-47-44-41-38-36-33-30-28-26-23-20-17-14-11-8-5-2/h9,12,17-18,20-21,26,28-29,31,39,42,48,51,62H,4-8,10-11,13-16,19,22-25,27,30,32-38,40-41,43-47,49-50,52-61H2,1-3H3/b12-9-,20-17-,21-18-,28-26-,31-29-,42-39-,51-48-. The van der Waals surface area contributed by atoms with Gasteiger partial charge in [-0.3, -0.25) is 14.4 Å². The number of carbonyl (C=O) groups excluding carboxylic acids is 3. The van der Waals surface area contributed by atoms with Gasteiger partial charge < -0.3 is 14.2 Å². The Kier molecular flexibility index (Phi) is 56.3. The molecule has 0 aromatic carbocycles. The Hall–Kier alpha value is -3.41. The van der Waals surface area contributed by atoms with Gasteiger partial charge in [-0.25, -0.2) is 0 Å². The minimum atomic E-state index is -0.809. The van der Waals surface area contributed by atoms with Gasteiger partial charge >= 0.3 is 17.9 Å². The second-order valence-electron chi connectivity index (χ2n) is 19.9. The van der Waals surface area contributed by atoms with Crippen LogP contribution in [0, 0.1) is 0 Å². The number of allylic oxidation sites excluding steroid dienone is 14. The number of rotatable bonds is 54. The molecule has 408 valence electrons. The molecule has 0 saturated heterocycles. The first-order valence-electron chi connectivity index (χ1n) is 30.1. The number of carbonyl (C=O) groups is 3. The smallest absolute Gasteiger partial charge is 0.306 e. The molecule has 0 N–H and O–H groups in total. The topological polar surface area (TPSA) is 78.9 Å². The molecule has 0 spiro atoms. The number of unbranched alkanes of at least 4 members (excludes halogenated alkanes) is 29. The average molecular weight is 990 g/mol. The summed E-state index contributed by atoms with van der Waals surface area (Å²) in [4.78, 5) is 38.2. The normalized spacial score (nSPS) is 12.7. The van der Waals surface area contributed by atoms with Crippen molar-refractivity contribution in [1.82, 2.24) is 0 Å². The summed E-state index contributed by atoms with van der Waals surface area (Å²) in [6.07, 6.45) is 77.4. The van der Waals surface area contributed by atoms with Crippen LogP contribution in [0.2, 0.25) is 0 Å². The maximum atomic E-state index is 12.9. The largest absolute Gasteiger partial charge is 0.462 e. The fraction of sp³-hybridized carbons (Fsp3) is 0.738. The summed E-state index contributed by atoms with van der Waals surface area (Å²) in [7, 11) is 0. The molecule has 0 radical (unpaired) electrons. The summed E-state index contributed by atoms with van der Waals surface area (Å²) in [5, 5.41) is 0. The van der Waals surface area contributed by atoms with Gasteiger partial charge in [0.25, 0.3) is 0 Å². The second-order valence-corrected chi connectivity index (χ2v) is 19.9. The third-order valence-electron chi connectivity index (χ3n) is 12.9. The Bertz CT molecular complexity index is 1370. The number of hydrogen-bond acceptors (Lipinski definition) is 6. The predicted molar refractivity (Wildman–Crippen MR) is 307 cm³/mol. The van der Waals surface area contributed by atoms with E-state index < -0.39 is 6.10 Å². The molecule has 0 aromatic rings. The highest BCUT2D eigenvalue weighted by molar-refractivity contribution is 5.71. The molecule has 0 aromatic heterocycles. The summed E-state index contributed by atoms with van der Waals surface area (Å²) >= 11 is 0. The molecule has 0 heterocycles. The second kappa shape index (κ2) is 59.2. The lowest BCUT2D eigenvalue weighted by molar-refractivity contribution is -0.166. The van der Waals surface area contributed by atoms with Crippen LogP contribution < -0.4 is 0 Å². The van der Waals surface area contributed by atoms with E-state index in [2.05, 4.69) is 99.8 Å². The molecule has 0 aliphatic rings. The molecular weight excluding hydrogens is 877 g/mol. The van der Waals surface area contributed by atoms with Gasteiger partial charge in [0.15, 0.2) is 6.10 Å². The van der Waals surface area contributed by atoms with Gasteiger partial charge in [-0.1, -0.05) is 254 Å². The van der Waals surface area contributed by atoms with Crippen molar-refractivity contribution in [3.05, 3.63) is 85.1 Å². The minimum absolute atomic E-state index is 0.101. The van der Waals surface area contributed by atoms with E-state index in [0.717, 1.165) is 70.6 Å². The summed E-state index contributed by atoms with van der Waals surface area (Å²) < 4.78 is 16.8. The number of hydrogen-bond donors (Lipinski definition) is 0. The van der Waals surface area contributed by atoms with Crippen LogP contribution in [0.3, 0.4) is 0 Å². The van der Waals surface area contributed by atoms with Gasteiger partial charge in [-0.2, -0.15) is 0 Å².